The van der Waals surface area contributed by atoms with Crippen LogP contribution in [0.25, 0.3) is 0 Å². The monoisotopic (exact) mass is 546 g/mol. The molecular weight excluding hydrogens is 512 g/mol. The van der Waals surface area contributed by atoms with Crippen LogP contribution in [0.4, 0.5) is 0 Å². The number of hydrogen-bond donors (Lipinski definition) is 2. The Morgan fingerprint density at radius 1 is 1.10 bits per heavy atom. The lowest BCUT2D eigenvalue weighted by Crippen LogP contribution is -2.56. The predicted octanol–water partition coefficient (Wildman–Crippen LogP) is 1.32. The number of carbonyl (C=O) groups excluding carboxylic acids is 4. The molecule has 210 valence electrons. The SMILES string of the molecule is CCC(NC(=O)C(C)N1CCCCC(NC(=O)c2cccnc2)C1=O)C(=O)Cn1nnnc1Cc1ccccc1. The van der Waals surface area contributed by atoms with Gasteiger partial charge in [0, 0.05) is 25.4 Å². The quantitative estimate of drug-likeness (QED) is 0.365. The Morgan fingerprint density at radius 2 is 1.90 bits per heavy atom. The Balaban J connectivity index is 1.37. The van der Waals surface area contributed by atoms with Crippen LogP contribution in [0, 0.1) is 0 Å². The molecule has 1 aliphatic heterocycles. The van der Waals surface area contributed by atoms with E-state index in [0.29, 0.717) is 43.6 Å². The van der Waals surface area contributed by atoms with Crippen molar-refractivity contribution in [2.45, 2.75) is 70.6 Å². The zero-order valence-corrected chi connectivity index (χ0v) is 22.7. The molecule has 1 aromatic carbocycles. The molecule has 1 fully saturated rings. The molecule has 3 unspecified atom stereocenters. The molecule has 1 aliphatic rings. The van der Waals surface area contributed by atoms with E-state index in [1.54, 1.807) is 32.2 Å². The summed E-state index contributed by atoms with van der Waals surface area (Å²) >= 11 is 0. The second-order valence-corrected chi connectivity index (χ2v) is 9.82. The second kappa shape index (κ2) is 13.5. The third kappa shape index (κ3) is 7.13. The van der Waals surface area contributed by atoms with Crippen LogP contribution < -0.4 is 10.6 Å². The molecule has 4 rings (SSSR count). The normalized spacial score (nSPS) is 17.0. The molecule has 12 heteroatoms. The molecule has 0 bridgehead atoms. The fourth-order valence-corrected chi connectivity index (χ4v) is 4.67. The third-order valence-electron chi connectivity index (χ3n) is 7.03. The van der Waals surface area contributed by atoms with Crippen molar-refractivity contribution in [1.82, 2.24) is 40.7 Å². The number of amides is 3. The highest BCUT2D eigenvalue weighted by molar-refractivity contribution is 5.98. The van der Waals surface area contributed by atoms with Crippen molar-refractivity contribution in [3.05, 3.63) is 71.8 Å². The first kappa shape index (κ1) is 28.5. The topological polar surface area (TPSA) is 152 Å². The Hall–Kier alpha value is -4.48. The van der Waals surface area contributed by atoms with Gasteiger partial charge in [-0.25, -0.2) is 4.68 Å². The van der Waals surface area contributed by atoms with Crippen molar-refractivity contribution in [3.63, 3.8) is 0 Å². The van der Waals surface area contributed by atoms with Gasteiger partial charge in [0.1, 0.15) is 18.6 Å². The van der Waals surface area contributed by atoms with Crippen molar-refractivity contribution in [2.24, 2.45) is 0 Å². The number of Topliss-reactive ketones (excluding diaryl/α,β-unsaturated/α-hetero) is 1. The number of aromatic nitrogens is 5. The summed E-state index contributed by atoms with van der Waals surface area (Å²) < 4.78 is 1.45. The lowest BCUT2D eigenvalue weighted by atomic mass is 10.1. The molecule has 0 saturated carbocycles. The van der Waals surface area contributed by atoms with Gasteiger partial charge < -0.3 is 15.5 Å². The molecule has 0 spiro atoms. The molecule has 0 radical (unpaired) electrons. The zero-order valence-electron chi connectivity index (χ0n) is 22.7. The van der Waals surface area contributed by atoms with Crippen molar-refractivity contribution in [2.75, 3.05) is 6.54 Å². The van der Waals surface area contributed by atoms with E-state index in [0.717, 1.165) is 12.0 Å². The summed E-state index contributed by atoms with van der Waals surface area (Å²) in [6, 6.07) is 10.6. The zero-order chi connectivity index (χ0) is 28.5. The summed E-state index contributed by atoms with van der Waals surface area (Å²) in [5.74, 6) is -0.849. The van der Waals surface area contributed by atoms with Crippen LogP contribution in [0.5, 0.6) is 0 Å². The summed E-state index contributed by atoms with van der Waals surface area (Å²) in [6.45, 7) is 3.73. The third-order valence-corrected chi connectivity index (χ3v) is 7.03. The first-order valence-electron chi connectivity index (χ1n) is 13.5. The van der Waals surface area contributed by atoms with Gasteiger partial charge in [-0.3, -0.25) is 24.2 Å². The number of carbonyl (C=O) groups is 4. The molecule has 3 amide bonds. The number of tetrazole rings is 1. The number of nitrogens with zero attached hydrogens (tertiary/aromatic N) is 6. The second-order valence-electron chi connectivity index (χ2n) is 9.82. The van der Waals surface area contributed by atoms with Crippen molar-refractivity contribution >= 4 is 23.5 Å². The van der Waals surface area contributed by atoms with Crippen LogP contribution >= 0.6 is 0 Å². The van der Waals surface area contributed by atoms with Gasteiger partial charge in [0.25, 0.3) is 5.91 Å². The highest BCUT2D eigenvalue weighted by Crippen LogP contribution is 2.16. The number of hydrogen-bond acceptors (Lipinski definition) is 8. The molecule has 3 aromatic rings. The predicted molar refractivity (Wildman–Crippen MR) is 145 cm³/mol. The minimum Gasteiger partial charge on any atom is -0.344 e. The Bertz CT molecular complexity index is 1310. The van der Waals surface area contributed by atoms with Gasteiger partial charge in [-0.2, -0.15) is 0 Å². The standard InChI is InChI=1S/C28H34N8O4/c1-3-22(24(37)18-36-25(32-33-34-36)16-20-10-5-4-6-11-20)30-26(38)19(2)35-15-8-7-13-23(28(35)40)31-27(39)21-12-9-14-29-17-21/h4-6,9-12,14,17,19,22-23H,3,7-8,13,15-16,18H2,1-2H3,(H,30,38)(H,31,39). The fraction of sp³-hybridized carbons (Fsp3) is 0.429. The van der Waals surface area contributed by atoms with Gasteiger partial charge in [0.2, 0.25) is 11.8 Å². The van der Waals surface area contributed by atoms with E-state index in [2.05, 4.69) is 31.1 Å². The lowest BCUT2D eigenvalue weighted by Gasteiger charge is -2.30. The first-order valence-corrected chi connectivity index (χ1v) is 13.5. The summed E-state index contributed by atoms with van der Waals surface area (Å²) in [5, 5.41) is 17.3. The molecule has 2 N–H and O–H groups in total. The van der Waals surface area contributed by atoms with Gasteiger partial charge in [-0.1, -0.05) is 37.3 Å². The molecular formula is C28H34N8O4. The molecule has 40 heavy (non-hydrogen) atoms. The molecule has 0 aliphatic carbocycles. The largest absolute Gasteiger partial charge is 0.344 e. The summed E-state index contributed by atoms with van der Waals surface area (Å²) in [6.07, 6.45) is 5.73. The highest BCUT2D eigenvalue weighted by Gasteiger charge is 2.35. The van der Waals surface area contributed by atoms with E-state index in [1.165, 1.54) is 15.8 Å². The van der Waals surface area contributed by atoms with Gasteiger partial charge >= 0.3 is 0 Å². The average Bonchev–Trinajstić information content (AvgIpc) is 3.32. The van der Waals surface area contributed by atoms with Crippen molar-refractivity contribution in [3.8, 4) is 0 Å². The Morgan fingerprint density at radius 3 is 2.62 bits per heavy atom. The van der Waals surface area contributed by atoms with E-state index < -0.39 is 29.9 Å². The Labute approximate surface area is 232 Å². The number of pyridine rings is 1. The van der Waals surface area contributed by atoms with Crippen molar-refractivity contribution < 1.29 is 19.2 Å². The molecule has 12 nitrogen and oxygen atoms in total. The maximum Gasteiger partial charge on any atom is 0.253 e. The van der Waals surface area contributed by atoms with E-state index >= 15 is 0 Å². The van der Waals surface area contributed by atoms with Crippen LogP contribution in [0.1, 0.15) is 61.3 Å². The number of rotatable bonds is 11. The van der Waals surface area contributed by atoms with Gasteiger partial charge in [0.15, 0.2) is 11.6 Å². The molecule has 2 aromatic heterocycles. The summed E-state index contributed by atoms with van der Waals surface area (Å²) in [4.78, 5) is 57.8. The molecule has 1 saturated heterocycles. The summed E-state index contributed by atoms with van der Waals surface area (Å²) in [5.41, 5.74) is 1.37. The van der Waals surface area contributed by atoms with Gasteiger partial charge in [-0.15, -0.1) is 5.10 Å². The van der Waals surface area contributed by atoms with Crippen LogP contribution in [-0.4, -0.2) is 78.3 Å². The van der Waals surface area contributed by atoms with Crippen molar-refractivity contribution in [1.29, 1.82) is 0 Å². The molecule has 3 atom stereocenters. The number of likely N-dealkylation sites (tertiary alicyclic amines) is 1. The maximum atomic E-state index is 13.4. The van der Waals surface area contributed by atoms with Crippen LogP contribution in [0.15, 0.2) is 54.9 Å². The van der Waals surface area contributed by atoms with Crippen LogP contribution in [0.2, 0.25) is 0 Å². The fourth-order valence-electron chi connectivity index (χ4n) is 4.67. The van der Waals surface area contributed by atoms with E-state index in [1.807, 2.05) is 30.3 Å². The smallest absolute Gasteiger partial charge is 0.253 e. The number of ketones is 1. The van der Waals surface area contributed by atoms with Gasteiger partial charge in [-0.05, 0) is 60.7 Å². The van der Waals surface area contributed by atoms with E-state index in [4.69, 9.17) is 0 Å². The van der Waals surface area contributed by atoms with Crippen LogP contribution in [0.3, 0.4) is 0 Å². The highest BCUT2D eigenvalue weighted by atomic mass is 16.2. The lowest BCUT2D eigenvalue weighted by molar-refractivity contribution is -0.141. The summed E-state index contributed by atoms with van der Waals surface area (Å²) in [7, 11) is 0. The van der Waals surface area contributed by atoms with Crippen LogP contribution in [-0.2, 0) is 27.3 Å². The number of benzene rings is 1. The van der Waals surface area contributed by atoms with E-state index in [-0.39, 0.29) is 18.2 Å². The molecule has 3 heterocycles. The average molecular weight is 547 g/mol. The van der Waals surface area contributed by atoms with E-state index in [9.17, 15) is 19.2 Å². The van der Waals surface area contributed by atoms with Gasteiger partial charge in [0.05, 0.1) is 11.6 Å². The first-order chi connectivity index (χ1) is 19.4. The number of nitrogens with one attached hydrogen (secondary N) is 2. The Kier molecular flexibility index (Phi) is 9.66. The minimum atomic E-state index is -0.827. The minimum absolute atomic E-state index is 0.0899. The maximum absolute atomic E-state index is 13.4.